The van der Waals surface area contributed by atoms with Crippen LogP contribution in [-0.4, -0.2) is 37.1 Å². The molecule has 0 aliphatic heterocycles. The molecular formula is C15H30O3. The molecule has 0 heterocycles. The Balaban J connectivity index is 2.64. The molecule has 1 fully saturated rings. The fourth-order valence-corrected chi connectivity index (χ4v) is 3.04. The van der Waals surface area contributed by atoms with Crippen molar-refractivity contribution >= 4 is 0 Å². The molecule has 0 amide bonds. The SMILES string of the molecule is CCOC1(C(O)C(C)CCOC)CCC(C)CC1. The number of ether oxygens (including phenoxy) is 2. The summed E-state index contributed by atoms with van der Waals surface area (Å²) in [7, 11) is 1.71. The molecule has 0 spiro atoms. The molecule has 1 aliphatic carbocycles. The van der Waals surface area contributed by atoms with Gasteiger partial charge < -0.3 is 14.6 Å². The van der Waals surface area contributed by atoms with Crippen molar-refractivity contribution in [3.05, 3.63) is 0 Å². The van der Waals surface area contributed by atoms with Gasteiger partial charge in [-0.15, -0.1) is 0 Å². The van der Waals surface area contributed by atoms with Gasteiger partial charge in [-0.05, 0) is 50.9 Å². The minimum atomic E-state index is -0.375. The van der Waals surface area contributed by atoms with E-state index in [1.54, 1.807) is 7.11 Å². The van der Waals surface area contributed by atoms with E-state index in [1.165, 1.54) is 0 Å². The molecule has 3 nitrogen and oxygen atoms in total. The van der Waals surface area contributed by atoms with E-state index in [9.17, 15) is 5.11 Å². The summed E-state index contributed by atoms with van der Waals surface area (Å²) in [5.41, 5.74) is -0.311. The third kappa shape index (κ3) is 3.94. The second-order valence-corrected chi connectivity index (χ2v) is 5.88. The van der Waals surface area contributed by atoms with E-state index in [0.29, 0.717) is 13.2 Å². The molecule has 0 aromatic rings. The molecule has 1 saturated carbocycles. The van der Waals surface area contributed by atoms with Crippen LogP contribution >= 0.6 is 0 Å². The lowest BCUT2D eigenvalue weighted by Gasteiger charge is -2.44. The highest BCUT2D eigenvalue weighted by Gasteiger charge is 2.43. The molecule has 18 heavy (non-hydrogen) atoms. The van der Waals surface area contributed by atoms with Crippen molar-refractivity contribution in [2.45, 2.75) is 64.6 Å². The van der Waals surface area contributed by atoms with Gasteiger partial charge in [0.1, 0.15) is 0 Å². The Morgan fingerprint density at radius 3 is 2.44 bits per heavy atom. The van der Waals surface area contributed by atoms with Crippen molar-refractivity contribution in [3.63, 3.8) is 0 Å². The summed E-state index contributed by atoms with van der Waals surface area (Å²) >= 11 is 0. The molecule has 0 radical (unpaired) electrons. The highest BCUT2D eigenvalue weighted by atomic mass is 16.5. The maximum atomic E-state index is 10.7. The summed E-state index contributed by atoms with van der Waals surface area (Å²) in [5.74, 6) is 0.991. The maximum absolute atomic E-state index is 10.7. The van der Waals surface area contributed by atoms with Crippen LogP contribution in [0.15, 0.2) is 0 Å². The highest BCUT2D eigenvalue weighted by Crippen LogP contribution is 2.39. The molecule has 2 atom stereocenters. The van der Waals surface area contributed by atoms with Gasteiger partial charge in [-0.3, -0.25) is 0 Å². The van der Waals surface area contributed by atoms with Gasteiger partial charge in [-0.1, -0.05) is 13.8 Å². The van der Waals surface area contributed by atoms with E-state index < -0.39 is 0 Å². The zero-order chi connectivity index (χ0) is 13.6. The van der Waals surface area contributed by atoms with Gasteiger partial charge in [0.2, 0.25) is 0 Å². The minimum Gasteiger partial charge on any atom is -0.390 e. The Kier molecular flexibility index (Phi) is 6.61. The Bertz CT molecular complexity index is 222. The molecule has 0 aromatic carbocycles. The second-order valence-electron chi connectivity index (χ2n) is 5.88. The summed E-state index contributed by atoms with van der Waals surface area (Å²) in [5, 5.41) is 10.7. The van der Waals surface area contributed by atoms with Crippen LogP contribution in [0.1, 0.15) is 52.9 Å². The molecule has 0 saturated heterocycles. The number of hydrogen-bond acceptors (Lipinski definition) is 3. The van der Waals surface area contributed by atoms with E-state index in [0.717, 1.165) is 38.0 Å². The van der Waals surface area contributed by atoms with Crippen molar-refractivity contribution < 1.29 is 14.6 Å². The van der Waals surface area contributed by atoms with E-state index in [1.807, 2.05) is 6.92 Å². The molecule has 0 aromatic heterocycles. The van der Waals surface area contributed by atoms with Crippen LogP contribution in [0.5, 0.6) is 0 Å². The van der Waals surface area contributed by atoms with Crippen molar-refractivity contribution in [1.29, 1.82) is 0 Å². The standard InChI is InChI=1S/C15H30O3/c1-5-18-15(9-6-12(2)7-10-15)14(16)13(3)8-11-17-4/h12-14,16H,5-11H2,1-4H3. The van der Waals surface area contributed by atoms with Gasteiger partial charge in [0, 0.05) is 20.3 Å². The predicted molar refractivity (Wildman–Crippen MR) is 73.7 cm³/mol. The largest absolute Gasteiger partial charge is 0.390 e. The number of rotatable bonds is 7. The first kappa shape index (κ1) is 15.9. The molecule has 108 valence electrons. The maximum Gasteiger partial charge on any atom is 0.0942 e. The molecule has 2 unspecified atom stereocenters. The van der Waals surface area contributed by atoms with Gasteiger partial charge >= 0.3 is 0 Å². The van der Waals surface area contributed by atoms with Crippen LogP contribution in [0.4, 0.5) is 0 Å². The number of methoxy groups -OCH3 is 1. The summed E-state index contributed by atoms with van der Waals surface area (Å²) in [6.45, 7) is 7.80. The lowest BCUT2D eigenvalue weighted by Crippen LogP contribution is -2.50. The summed E-state index contributed by atoms with van der Waals surface area (Å²) in [6.07, 6.45) is 4.81. The molecule has 1 aliphatic rings. The number of hydrogen-bond donors (Lipinski definition) is 1. The van der Waals surface area contributed by atoms with Crippen molar-refractivity contribution in [2.24, 2.45) is 11.8 Å². The topological polar surface area (TPSA) is 38.7 Å². The fourth-order valence-electron chi connectivity index (χ4n) is 3.04. The molecule has 3 heteroatoms. The van der Waals surface area contributed by atoms with Gasteiger partial charge in [0.25, 0.3) is 0 Å². The van der Waals surface area contributed by atoms with Crippen LogP contribution in [0.25, 0.3) is 0 Å². The normalized spacial score (nSPS) is 32.2. The van der Waals surface area contributed by atoms with E-state index in [2.05, 4.69) is 13.8 Å². The number of aliphatic hydroxyl groups excluding tert-OH is 1. The first-order valence-electron chi connectivity index (χ1n) is 7.36. The van der Waals surface area contributed by atoms with E-state index in [4.69, 9.17) is 9.47 Å². The fraction of sp³-hybridized carbons (Fsp3) is 1.00. The quantitative estimate of drug-likeness (QED) is 0.763. The Morgan fingerprint density at radius 2 is 1.94 bits per heavy atom. The van der Waals surface area contributed by atoms with Gasteiger partial charge in [-0.25, -0.2) is 0 Å². The van der Waals surface area contributed by atoms with Crippen LogP contribution in [0, 0.1) is 11.8 Å². The van der Waals surface area contributed by atoms with Crippen LogP contribution < -0.4 is 0 Å². The third-order valence-electron chi connectivity index (χ3n) is 4.41. The Labute approximate surface area is 112 Å². The van der Waals surface area contributed by atoms with Crippen LogP contribution in [0.2, 0.25) is 0 Å². The highest BCUT2D eigenvalue weighted by molar-refractivity contribution is 4.94. The van der Waals surface area contributed by atoms with Gasteiger partial charge in [0.05, 0.1) is 11.7 Å². The van der Waals surface area contributed by atoms with Crippen LogP contribution in [0.3, 0.4) is 0 Å². The summed E-state index contributed by atoms with van der Waals surface area (Å²) < 4.78 is 11.1. The van der Waals surface area contributed by atoms with E-state index in [-0.39, 0.29) is 17.6 Å². The predicted octanol–water partition coefficient (Wildman–Crippen LogP) is 3.01. The van der Waals surface area contributed by atoms with Crippen molar-refractivity contribution in [1.82, 2.24) is 0 Å². The van der Waals surface area contributed by atoms with Gasteiger partial charge in [-0.2, -0.15) is 0 Å². The zero-order valence-electron chi connectivity index (χ0n) is 12.4. The second kappa shape index (κ2) is 7.46. The smallest absolute Gasteiger partial charge is 0.0942 e. The van der Waals surface area contributed by atoms with Crippen molar-refractivity contribution in [3.8, 4) is 0 Å². The first-order chi connectivity index (χ1) is 8.55. The lowest BCUT2D eigenvalue weighted by atomic mass is 9.73. The monoisotopic (exact) mass is 258 g/mol. The summed E-state index contributed by atoms with van der Waals surface area (Å²) in [6, 6.07) is 0. The lowest BCUT2D eigenvalue weighted by molar-refractivity contribution is -0.160. The molecule has 1 N–H and O–H groups in total. The third-order valence-corrected chi connectivity index (χ3v) is 4.41. The molecule has 1 rings (SSSR count). The van der Waals surface area contributed by atoms with Crippen LogP contribution in [-0.2, 0) is 9.47 Å². The van der Waals surface area contributed by atoms with Gasteiger partial charge in [0.15, 0.2) is 0 Å². The average molecular weight is 258 g/mol. The minimum absolute atomic E-state index is 0.227. The van der Waals surface area contributed by atoms with E-state index >= 15 is 0 Å². The number of aliphatic hydroxyl groups is 1. The molecular weight excluding hydrogens is 228 g/mol. The zero-order valence-corrected chi connectivity index (χ0v) is 12.4. The Hall–Kier alpha value is -0.120. The summed E-state index contributed by atoms with van der Waals surface area (Å²) in [4.78, 5) is 0. The first-order valence-corrected chi connectivity index (χ1v) is 7.36. The van der Waals surface area contributed by atoms with Crippen molar-refractivity contribution in [2.75, 3.05) is 20.3 Å². The molecule has 0 bridgehead atoms. The average Bonchev–Trinajstić information content (AvgIpc) is 2.38. The Morgan fingerprint density at radius 1 is 1.33 bits per heavy atom.